The van der Waals surface area contributed by atoms with E-state index in [2.05, 4.69) is 6.08 Å². The van der Waals surface area contributed by atoms with E-state index in [4.69, 9.17) is 16.0 Å². The molecule has 1 aromatic heterocycles. The molecular formula is C13H16ClNO2. The van der Waals surface area contributed by atoms with Crippen LogP contribution in [-0.4, -0.2) is 16.7 Å². The van der Waals surface area contributed by atoms with Gasteiger partial charge in [-0.2, -0.15) is 0 Å². The van der Waals surface area contributed by atoms with Crippen molar-refractivity contribution in [2.45, 2.75) is 32.2 Å². The molecule has 1 heterocycles. The highest BCUT2D eigenvalue weighted by molar-refractivity contribution is 6.27. The third-order valence-corrected chi connectivity index (χ3v) is 3.15. The summed E-state index contributed by atoms with van der Waals surface area (Å²) in [5.74, 6) is 0.740. The zero-order chi connectivity index (χ0) is 12.1. The molecule has 0 bridgehead atoms. The van der Waals surface area contributed by atoms with Gasteiger partial charge < -0.3 is 9.32 Å². The quantitative estimate of drug-likeness (QED) is 0.772. The maximum atomic E-state index is 11.8. The number of rotatable bonds is 4. The van der Waals surface area contributed by atoms with Crippen molar-refractivity contribution in [3.63, 3.8) is 0 Å². The Morgan fingerprint density at radius 2 is 2.35 bits per heavy atom. The Morgan fingerprint density at radius 3 is 2.94 bits per heavy atom. The van der Waals surface area contributed by atoms with Crippen molar-refractivity contribution in [3.05, 3.63) is 35.9 Å². The summed E-state index contributed by atoms with van der Waals surface area (Å²) in [5, 5.41) is 0. The zero-order valence-electron chi connectivity index (χ0n) is 9.69. The van der Waals surface area contributed by atoms with Gasteiger partial charge in [-0.1, -0.05) is 6.08 Å². The lowest BCUT2D eigenvalue weighted by Crippen LogP contribution is -2.31. The van der Waals surface area contributed by atoms with Crippen LogP contribution in [0.3, 0.4) is 0 Å². The molecule has 3 nitrogen and oxygen atoms in total. The Kier molecular flexibility index (Phi) is 4.26. The lowest BCUT2D eigenvalue weighted by molar-refractivity contribution is -0.127. The average molecular weight is 254 g/mol. The van der Waals surface area contributed by atoms with Crippen molar-refractivity contribution >= 4 is 17.5 Å². The van der Waals surface area contributed by atoms with Gasteiger partial charge >= 0.3 is 0 Å². The zero-order valence-corrected chi connectivity index (χ0v) is 10.4. The van der Waals surface area contributed by atoms with Crippen LogP contribution in [0, 0.1) is 0 Å². The Morgan fingerprint density at radius 1 is 1.47 bits per heavy atom. The number of hydrogen-bond donors (Lipinski definition) is 0. The van der Waals surface area contributed by atoms with Gasteiger partial charge in [0, 0.05) is 5.70 Å². The van der Waals surface area contributed by atoms with Gasteiger partial charge in [0.15, 0.2) is 0 Å². The normalized spacial score (nSPS) is 15.5. The largest absolute Gasteiger partial charge is 0.467 e. The second-order valence-electron chi connectivity index (χ2n) is 4.13. The van der Waals surface area contributed by atoms with Gasteiger partial charge in [0.25, 0.3) is 0 Å². The fourth-order valence-corrected chi connectivity index (χ4v) is 2.19. The van der Waals surface area contributed by atoms with Crippen LogP contribution in [0.25, 0.3) is 0 Å². The highest BCUT2D eigenvalue weighted by Crippen LogP contribution is 2.23. The predicted octanol–water partition coefficient (Wildman–Crippen LogP) is 3.30. The highest BCUT2D eigenvalue weighted by Gasteiger charge is 2.19. The first-order valence-electron chi connectivity index (χ1n) is 5.89. The number of alkyl halides is 1. The molecule has 0 aromatic carbocycles. The SMILES string of the molecule is O=C(CCl)N(Cc1ccco1)C1=CCCCC1. The molecule has 0 N–H and O–H groups in total. The smallest absolute Gasteiger partial charge is 0.242 e. The van der Waals surface area contributed by atoms with E-state index in [9.17, 15) is 4.79 Å². The molecule has 4 heteroatoms. The molecule has 0 saturated carbocycles. The van der Waals surface area contributed by atoms with Crippen LogP contribution in [0.1, 0.15) is 31.4 Å². The Balaban J connectivity index is 2.13. The van der Waals surface area contributed by atoms with E-state index >= 15 is 0 Å². The Bertz CT molecular complexity index is 398. The first kappa shape index (κ1) is 12.2. The molecule has 0 spiro atoms. The Hall–Kier alpha value is -1.22. The van der Waals surface area contributed by atoms with Gasteiger partial charge in [0.05, 0.1) is 12.8 Å². The molecule has 0 radical (unpaired) electrons. The van der Waals surface area contributed by atoms with Crippen LogP contribution >= 0.6 is 11.6 Å². The molecule has 17 heavy (non-hydrogen) atoms. The minimum atomic E-state index is -0.0591. The van der Waals surface area contributed by atoms with E-state index in [-0.39, 0.29) is 11.8 Å². The summed E-state index contributed by atoms with van der Waals surface area (Å²) in [6.07, 6.45) is 8.08. The van der Waals surface area contributed by atoms with E-state index in [0.29, 0.717) is 6.54 Å². The highest BCUT2D eigenvalue weighted by atomic mass is 35.5. The lowest BCUT2D eigenvalue weighted by atomic mass is 10.0. The van der Waals surface area contributed by atoms with Crippen LogP contribution < -0.4 is 0 Å². The van der Waals surface area contributed by atoms with Crippen LogP contribution in [0.4, 0.5) is 0 Å². The summed E-state index contributed by atoms with van der Waals surface area (Å²) in [4.78, 5) is 13.6. The molecule has 0 saturated heterocycles. The van der Waals surface area contributed by atoms with Crippen LogP contribution in [0.2, 0.25) is 0 Å². The molecule has 0 fully saturated rings. The third kappa shape index (κ3) is 3.13. The van der Waals surface area contributed by atoms with Gasteiger partial charge in [-0.05, 0) is 37.8 Å². The Labute approximate surface area is 106 Å². The second-order valence-corrected chi connectivity index (χ2v) is 4.40. The lowest BCUT2D eigenvalue weighted by Gasteiger charge is -2.26. The summed E-state index contributed by atoms with van der Waals surface area (Å²) >= 11 is 5.66. The molecule has 1 aliphatic rings. The number of furan rings is 1. The standard InChI is InChI=1S/C13H16ClNO2/c14-9-13(16)15(10-12-7-4-8-17-12)11-5-2-1-3-6-11/h4-5,7-8H,1-3,6,9-10H2. The monoisotopic (exact) mass is 253 g/mol. The molecule has 1 aliphatic carbocycles. The summed E-state index contributed by atoms with van der Waals surface area (Å²) in [5.41, 5.74) is 1.08. The summed E-state index contributed by atoms with van der Waals surface area (Å²) < 4.78 is 5.29. The fraction of sp³-hybridized carbons (Fsp3) is 0.462. The number of hydrogen-bond acceptors (Lipinski definition) is 2. The number of nitrogens with zero attached hydrogens (tertiary/aromatic N) is 1. The summed E-state index contributed by atoms with van der Waals surface area (Å²) in [6, 6.07) is 3.70. The van der Waals surface area contributed by atoms with Crippen molar-refractivity contribution in [3.8, 4) is 0 Å². The van der Waals surface area contributed by atoms with Gasteiger partial charge in [-0.25, -0.2) is 0 Å². The van der Waals surface area contributed by atoms with Gasteiger partial charge in [0.2, 0.25) is 5.91 Å². The predicted molar refractivity (Wildman–Crippen MR) is 66.5 cm³/mol. The van der Waals surface area contributed by atoms with Gasteiger partial charge in [0.1, 0.15) is 11.6 Å². The van der Waals surface area contributed by atoms with Gasteiger partial charge in [-0.3, -0.25) is 4.79 Å². The minimum absolute atomic E-state index is 0.0120. The number of carbonyl (C=O) groups is 1. The van der Waals surface area contributed by atoms with E-state index in [1.54, 1.807) is 11.2 Å². The molecule has 1 aromatic rings. The topological polar surface area (TPSA) is 33.5 Å². The van der Waals surface area contributed by atoms with E-state index < -0.39 is 0 Å². The molecule has 92 valence electrons. The maximum Gasteiger partial charge on any atom is 0.242 e. The molecular weight excluding hydrogens is 238 g/mol. The van der Waals surface area contributed by atoms with E-state index in [0.717, 1.165) is 30.7 Å². The second kappa shape index (κ2) is 5.92. The third-order valence-electron chi connectivity index (χ3n) is 2.92. The number of amides is 1. The minimum Gasteiger partial charge on any atom is -0.467 e. The molecule has 0 unspecified atom stereocenters. The average Bonchev–Trinajstić information content (AvgIpc) is 2.89. The van der Waals surface area contributed by atoms with Crippen LogP contribution in [-0.2, 0) is 11.3 Å². The summed E-state index contributed by atoms with van der Waals surface area (Å²) in [6.45, 7) is 0.477. The number of allylic oxidation sites excluding steroid dienone is 2. The molecule has 0 aliphatic heterocycles. The summed E-state index contributed by atoms with van der Waals surface area (Å²) in [7, 11) is 0. The maximum absolute atomic E-state index is 11.8. The van der Waals surface area contributed by atoms with Gasteiger partial charge in [-0.15, -0.1) is 11.6 Å². The van der Waals surface area contributed by atoms with Crippen molar-refractivity contribution in [2.24, 2.45) is 0 Å². The van der Waals surface area contributed by atoms with Crippen LogP contribution in [0.5, 0.6) is 0 Å². The molecule has 2 rings (SSSR count). The van der Waals surface area contributed by atoms with Crippen molar-refractivity contribution in [1.29, 1.82) is 0 Å². The van der Waals surface area contributed by atoms with Crippen molar-refractivity contribution in [2.75, 3.05) is 5.88 Å². The van der Waals surface area contributed by atoms with Crippen LogP contribution in [0.15, 0.2) is 34.6 Å². The first-order chi connectivity index (χ1) is 8.31. The van der Waals surface area contributed by atoms with E-state index in [1.165, 1.54) is 6.42 Å². The van der Waals surface area contributed by atoms with Crippen molar-refractivity contribution in [1.82, 2.24) is 4.90 Å². The fourth-order valence-electron chi connectivity index (χ4n) is 2.05. The van der Waals surface area contributed by atoms with Crippen molar-refractivity contribution < 1.29 is 9.21 Å². The number of carbonyl (C=O) groups excluding carboxylic acids is 1. The van der Waals surface area contributed by atoms with E-state index in [1.807, 2.05) is 12.1 Å². The molecule has 1 amide bonds. The number of halogens is 1. The first-order valence-corrected chi connectivity index (χ1v) is 6.42. The molecule has 0 atom stereocenters.